The lowest BCUT2D eigenvalue weighted by molar-refractivity contribution is -0.135. The van der Waals surface area contributed by atoms with Crippen LogP contribution in [0.3, 0.4) is 0 Å². The van der Waals surface area contributed by atoms with E-state index in [0.717, 1.165) is 0 Å². The number of rotatable bonds is 2. The van der Waals surface area contributed by atoms with E-state index in [0.29, 0.717) is 0 Å². The minimum absolute atomic E-state index is 0.0110. The van der Waals surface area contributed by atoms with Crippen molar-refractivity contribution in [2.75, 3.05) is 6.61 Å². The second-order valence-corrected chi connectivity index (χ2v) is 2.53. The predicted molar refractivity (Wildman–Crippen MR) is 36.6 cm³/mol. The zero-order valence-electron chi connectivity index (χ0n) is 6.16. The lowest BCUT2D eigenvalue weighted by Crippen LogP contribution is -2.59. The fourth-order valence-electron chi connectivity index (χ4n) is 0.884. The maximum atomic E-state index is 10.6. The normalized spacial score (nSPS) is 28.6. The molecule has 0 bridgehead atoms. The Kier molecular flexibility index (Phi) is 1.98. The van der Waals surface area contributed by atoms with E-state index in [1.807, 2.05) is 0 Å². The third-order valence-electron chi connectivity index (χ3n) is 1.75. The number of ether oxygens (including phenoxy) is 1. The minimum atomic E-state index is -0.807. The summed E-state index contributed by atoms with van der Waals surface area (Å²) in [7, 11) is 0. The van der Waals surface area contributed by atoms with E-state index in [-0.39, 0.29) is 24.5 Å². The molecule has 1 rings (SSSR count). The summed E-state index contributed by atoms with van der Waals surface area (Å²) in [6.45, 7) is 1.94. The van der Waals surface area contributed by atoms with Crippen molar-refractivity contribution in [2.24, 2.45) is 11.7 Å². The van der Waals surface area contributed by atoms with Gasteiger partial charge in [-0.3, -0.25) is 4.79 Å². The Morgan fingerprint density at radius 2 is 2.45 bits per heavy atom. The highest BCUT2D eigenvalue weighted by molar-refractivity contribution is 5.85. The van der Waals surface area contributed by atoms with E-state index in [1.54, 1.807) is 6.92 Å². The van der Waals surface area contributed by atoms with Gasteiger partial charge < -0.3 is 15.8 Å². The van der Waals surface area contributed by atoms with Crippen LogP contribution in [0.2, 0.25) is 0 Å². The second-order valence-electron chi connectivity index (χ2n) is 2.53. The number of carbonyl (C=O) groups is 2. The second kappa shape index (κ2) is 2.77. The van der Waals surface area contributed by atoms with Crippen molar-refractivity contribution in [3.63, 3.8) is 0 Å². The lowest BCUT2D eigenvalue weighted by Gasteiger charge is -2.33. The van der Waals surface area contributed by atoms with E-state index >= 15 is 0 Å². The minimum Gasteiger partial charge on any atom is -0.447 e. The molecule has 0 unspecified atom stereocenters. The highest BCUT2D eigenvalue weighted by Crippen LogP contribution is 2.13. The topological polar surface area (TPSA) is 81.4 Å². The first-order chi connectivity index (χ1) is 5.11. The summed E-state index contributed by atoms with van der Waals surface area (Å²) in [5.74, 6) is -0.0857. The molecular formula is C6H10N2O3. The fourth-order valence-corrected chi connectivity index (χ4v) is 0.884. The van der Waals surface area contributed by atoms with E-state index in [1.165, 1.54) is 0 Å². The average molecular weight is 158 g/mol. The predicted octanol–water partition coefficient (Wildman–Crippen LogP) is -0.784. The number of nitrogens with one attached hydrogen (secondary N) is 1. The van der Waals surface area contributed by atoms with Crippen LogP contribution in [0.4, 0.5) is 4.79 Å². The van der Waals surface area contributed by atoms with Crippen molar-refractivity contribution in [3.05, 3.63) is 0 Å². The standard InChI is InChI=1S/C6H10N2O3/c1-3-4(8-5(3)9)2-11-6(7)10/h3-4H,2H2,1H3,(H2,7,10)(H,8,9)/t3-,4+/m0/s1. The molecule has 62 valence electrons. The van der Waals surface area contributed by atoms with Crippen molar-refractivity contribution in [3.8, 4) is 0 Å². The zero-order valence-corrected chi connectivity index (χ0v) is 6.16. The van der Waals surface area contributed by atoms with Gasteiger partial charge in [0.25, 0.3) is 0 Å². The molecule has 0 saturated carbocycles. The molecule has 1 aliphatic rings. The summed E-state index contributed by atoms with van der Waals surface area (Å²) < 4.78 is 4.49. The Bertz CT molecular complexity index is 192. The van der Waals surface area contributed by atoms with Crippen LogP contribution in [0.1, 0.15) is 6.92 Å². The van der Waals surface area contributed by atoms with Crippen LogP contribution in [0.15, 0.2) is 0 Å². The molecule has 0 spiro atoms. The molecule has 5 heteroatoms. The molecule has 5 nitrogen and oxygen atoms in total. The van der Waals surface area contributed by atoms with Crippen molar-refractivity contribution < 1.29 is 14.3 Å². The first kappa shape index (κ1) is 7.84. The molecule has 0 radical (unpaired) electrons. The summed E-state index contributed by atoms with van der Waals surface area (Å²) in [4.78, 5) is 20.7. The third kappa shape index (κ3) is 1.60. The van der Waals surface area contributed by atoms with Gasteiger partial charge in [0.1, 0.15) is 6.61 Å². The van der Waals surface area contributed by atoms with Crippen LogP contribution in [-0.2, 0) is 9.53 Å². The van der Waals surface area contributed by atoms with Gasteiger partial charge in [-0.1, -0.05) is 6.92 Å². The van der Waals surface area contributed by atoms with Crippen molar-refractivity contribution in [1.82, 2.24) is 5.32 Å². The van der Waals surface area contributed by atoms with Gasteiger partial charge in [0.15, 0.2) is 0 Å². The molecule has 0 aromatic heterocycles. The Balaban J connectivity index is 2.20. The summed E-state index contributed by atoms with van der Waals surface area (Å²) in [5.41, 5.74) is 4.73. The van der Waals surface area contributed by atoms with Gasteiger partial charge in [-0.25, -0.2) is 4.79 Å². The maximum Gasteiger partial charge on any atom is 0.404 e. The quantitative estimate of drug-likeness (QED) is 0.517. The first-order valence-electron chi connectivity index (χ1n) is 3.34. The van der Waals surface area contributed by atoms with Gasteiger partial charge in [0, 0.05) is 0 Å². The van der Waals surface area contributed by atoms with E-state index in [9.17, 15) is 9.59 Å². The lowest BCUT2D eigenvalue weighted by atomic mass is 9.93. The fraction of sp³-hybridized carbons (Fsp3) is 0.667. The molecule has 3 N–H and O–H groups in total. The maximum absolute atomic E-state index is 10.6. The van der Waals surface area contributed by atoms with Crippen LogP contribution >= 0.6 is 0 Å². The van der Waals surface area contributed by atoms with E-state index < -0.39 is 6.09 Å². The van der Waals surface area contributed by atoms with E-state index in [4.69, 9.17) is 5.73 Å². The Morgan fingerprint density at radius 3 is 2.82 bits per heavy atom. The summed E-state index contributed by atoms with van der Waals surface area (Å²) >= 11 is 0. The molecular weight excluding hydrogens is 148 g/mol. The van der Waals surface area contributed by atoms with Crippen LogP contribution < -0.4 is 11.1 Å². The highest BCUT2D eigenvalue weighted by Gasteiger charge is 2.35. The Morgan fingerprint density at radius 1 is 1.82 bits per heavy atom. The molecule has 1 aliphatic heterocycles. The van der Waals surface area contributed by atoms with Gasteiger partial charge in [-0.05, 0) is 0 Å². The van der Waals surface area contributed by atoms with Gasteiger partial charge >= 0.3 is 6.09 Å². The molecule has 2 amide bonds. The summed E-state index contributed by atoms with van der Waals surface area (Å²) in [6.07, 6.45) is -0.807. The van der Waals surface area contributed by atoms with Crippen LogP contribution in [-0.4, -0.2) is 24.6 Å². The highest BCUT2D eigenvalue weighted by atomic mass is 16.5. The van der Waals surface area contributed by atoms with Crippen LogP contribution in [0.25, 0.3) is 0 Å². The Labute approximate surface area is 63.9 Å². The van der Waals surface area contributed by atoms with Crippen molar-refractivity contribution >= 4 is 12.0 Å². The molecule has 2 atom stereocenters. The largest absolute Gasteiger partial charge is 0.447 e. The number of hydrogen-bond acceptors (Lipinski definition) is 3. The van der Waals surface area contributed by atoms with E-state index in [2.05, 4.69) is 10.1 Å². The molecule has 0 aromatic rings. The average Bonchev–Trinajstić information content (AvgIpc) is 1.96. The summed E-state index contributed by atoms with van der Waals surface area (Å²) in [5, 5.41) is 2.58. The zero-order chi connectivity index (χ0) is 8.43. The first-order valence-corrected chi connectivity index (χ1v) is 3.34. The SMILES string of the molecule is C[C@@H]1C(=O)N[C@@H]1COC(N)=O. The molecule has 0 aromatic carbocycles. The number of carbonyl (C=O) groups excluding carboxylic acids is 2. The smallest absolute Gasteiger partial charge is 0.404 e. The summed E-state index contributed by atoms with van der Waals surface area (Å²) in [6, 6.07) is -0.0602. The van der Waals surface area contributed by atoms with Gasteiger partial charge in [-0.15, -0.1) is 0 Å². The number of primary amides is 1. The van der Waals surface area contributed by atoms with Gasteiger partial charge in [0.2, 0.25) is 5.91 Å². The number of β-lactam (4-membered cyclic amide) rings is 1. The molecule has 11 heavy (non-hydrogen) atoms. The van der Waals surface area contributed by atoms with Crippen LogP contribution in [0, 0.1) is 5.92 Å². The van der Waals surface area contributed by atoms with Gasteiger partial charge in [-0.2, -0.15) is 0 Å². The van der Waals surface area contributed by atoms with Crippen molar-refractivity contribution in [1.29, 1.82) is 0 Å². The molecule has 1 fully saturated rings. The molecule has 1 saturated heterocycles. The Hall–Kier alpha value is -1.26. The van der Waals surface area contributed by atoms with Crippen molar-refractivity contribution in [2.45, 2.75) is 13.0 Å². The molecule has 0 aliphatic carbocycles. The monoisotopic (exact) mass is 158 g/mol. The van der Waals surface area contributed by atoms with Crippen LogP contribution in [0.5, 0.6) is 0 Å². The van der Waals surface area contributed by atoms with Gasteiger partial charge in [0.05, 0.1) is 12.0 Å². The number of hydrogen-bond donors (Lipinski definition) is 2. The number of nitrogens with two attached hydrogens (primary N) is 1. The number of amides is 2. The molecule has 1 heterocycles. The third-order valence-corrected chi connectivity index (χ3v) is 1.75.